The van der Waals surface area contributed by atoms with Gasteiger partial charge in [-0.1, -0.05) is 11.6 Å². The first-order valence-electron chi connectivity index (χ1n) is 9.37. The average Bonchev–Trinajstić information content (AvgIpc) is 2.95. The Labute approximate surface area is 192 Å². The second-order valence-corrected chi connectivity index (χ2v) is 8.19. The number of ether oxygens (including phenoxy) is 1. The Bertz CT molecular complexity index is 1160. The summed E-state index contributed by atoms with van der Waals surface area (Å²) < 4.78 is 8.40. The van der Waals surface area contributed by atoms with E-state index in [2.05, 4.69) is 26.3 Å². The maximum Gasteiger partial charge on any atom is 0.275 e. The molecule has 0 fully saturated rings. The van der Waals surface area contributed by atoms with Crippen molar-refractivity contribution in [3.8, 4) is 11.5 Å². The van der Waals surface area contributed by atoms with E-state index in [4.69, 9.17) is 16.3 Å². The van der Waals surface area contributed by atoms with Gasteiger partial charge in [-0.05, 0) is 60.5 Å². The summed E-state index contributed by atoms with van der Waals surface area (Å²) in [6, 6.07) is 9.20. The second kappa shape index (κ2) is 9.49. The van der Waals surface area contributed by atoms with Gasteiger partial charge in [0.2, 0.25) is 5.91 Å². The summed E-state index contributed by atoms with van der Waals surface area (Å²) in [5.74, 6) is 0.418. The Kier molecular flexibility index (Phi) is 6.97. The third-order valence-corrected chi connectivity index (χ3v) is 6.17. The molecule has 31 heavy (non-hydrogen) atoms. The van der Waals surface area contributed by atoms with Gasteiger partial charge in [-0.25, -0.2) is 0 Å². The lowest BCUT2D eigenvalue weighted by molar-refractivity contribution is -0.384. The predicted molar refractivity (Wildman–Crippen MR) is 122 cm³/mol. The van der Waals surface area contributed by atoms with Gasteiger partial charge < -0.3 is 10.1 Å². The number of anilines is 1. The van der Waals surface area contributed by atoms with Gasteiger partial charge in [0, 0.05) is 29.3 Å². The predicted octanol–water partition coefficient (Wildman–Crippen LogP) is 5.95. The van der Waals surface area contributed by atoms with Gasteiger partial charge in [0.15, 0.2) is 0 Å². The first-order chi connectivity index (χ1) is 14.6. The van der Waals surface area contributed by atoms with E-state index in [1.54, 1.807) is 22.9 Å². The van der Waals surface area contributed by atoms with Crippen LogP contribution in [-0.2, 0) is 11.3 Å². The summed E-state index contributed by atoms with van der Waals surface area (Å²) in [5.41, 5.74) is 2.66. The van der Waals surface area contributed by atoms with E-state index >= 15 is 0 Å². The molecule has 0 aliphatic carbocycles. The minimum Gasteiger partial charge on any atom is -0.457 e. The fourth-order valence-corrected chi connectivity index (χ4v) is 3.36. The molecule has 1 heterocycles. The zero-order valence-corrected chi connectivity index (χ0v) is 19.5. The minimum atomic E-state index is -0.539. The highest BCUT2D eigenvalue weighted by Crippen LogP contribution is 2.31. The Morgan fingerprint density at radius 1 is 1.23 bits per heavy atom. The Balaban J connectivity index is 1.75. The summed E-state index contributed by atoms with van der Waals surface area (Å²) >= 11 is 9.48. The van der Waals surface area contributed by atoms with Gasteiger partial charge in [-0.2, -0.15) is 5.10 Å². The van der Waals surface area contributed by atoms with Crippen LogP contribution >= 0.6 is 27.5 Å². The molecule has 0 unspecified atom stereocenters. The van der Waals surface area contributed by atoms with Crippen LogP contribution in [0.2, 0.25) is 5.02 Å². The average molecular weight is 508 g/mol. The summed E-state index contributed by atoms with van der Waals surface area (Å²) in [5, 5.41) is 19.0. The number of carbonyl (C=O) groups is 1. The Morgan fingerprint density at radius 3 is 2.58 bits per heavy atom. The highest BCUT2D eigenvalue weighted by molar-refractivity contribution is 9.10. The molecule has 0 aliphatic rings. The van der Waals surface area contributed by atoms with E-state index in [0.29, 0.717) is 17.3 Å². The molecule has 3 aromatic rings. The van der Waals surface area contributed by atoms with Crippen molar-refractivity contribution in [3.05, 3.63) is 73.0 Å². The number of amides is 1. The largest absolute Gasteiger partial charge is 0.457 e. The summed E-state index contributed by atoms with van der Waals surface area (Å²) in [7, 11) is 0. The molecule has 0 atom stereocenters. The summed E-state index contributed by atoms with van der Waals surface area (Å²) in [6.07, 6.45) is 0.156. The van der Waals surface area contributed by atoms with E-state index in [1.165, 1.54) is 18.2 Å². The van der Waals surface area contributed by atoms with Gasteiger partial charge in [0.1, 0.15) is 11.5 Å². The van der Waals surface area contributed by atoms with Crippen LogP contribution in [0.5, 0.6) is 11.5 Å². The normalized spacial score (nSPS) is 10.7. The molecule has 0 saturated carbocycles. The fourth-order valence-electron chi connectivity index (χ4n) is 2.96. The highest BCUT2D eigenvalue weighted by atomic mass is 79.9. The highest BCUT2D eigenvalue weighted by Gasteiger charge is 2.15. The topological polar surface area (TPSA) is 99.3 Å². The molecule has 0 radical (unpaired) electrons. The SMILES string of the molecule is Cc1cc(Oc2cc(NC(=O)CCn3nc(C)c(Br)c3C)cc([N+](=O)[O-])c2)ccc1Cl. The van der Waals surface area contributed by atoms with Crippen LogP contribution in [0.25, 0.3) is 0 Å². The molecular formula is C21H20BrClN4O4. The quantitative estimate of drug-likeness (QED) is 0.314. The van der Waals surface area contributed by atoms with E-state index in [-0.39, 0.29) is 29.5 Å². The number of aromatic nitrogens is 2. The van der Waals surface area contributed by atoms with Crippen molar-refractivity contribution in [1.82, 2.24) is 9.78 Å². The minimum absolute atomic E-state index is 0.156. The van der Waals surface area contributed by atoms with Crippen molar-refractivity contribution in [2.24, 2.45) is 0 Å². The van der Waals surface area contributed by atoms with Crippen LogP contribution in [0.15, 0.2) is 40.9 Å². The maximum absolute atomic E-state index is 12.4. The van der Waals surface area contributed by atoms with Gasteiger partial charge in [0.05, 0.1) is 33.4 Å². The van der Waals surface area contributed by atoms with Crippen LogP contribution in [0, 0.1) is 30.9 Å². The number of nitrogens with one attached hydrogen (secondary N) is 1. The van der Waals surface area contributed by atoms with Crippen molar-refractivity contribution in [2.75, 3.05) is 5.32 Å². The lowest BCUT2D eigenvalue weighted by Crippen LogP contribution is -2.15. The van der Waals surface area contributed by atoms with Crippen molar-refractivity contribution < 1.29 is 14.5 Å². The van der Waals surface area contributed by atoms with E-state index < -0.39 is 4.92 Å². The Morgan fingerprint density at radius 2 is 1.97 bits per heavy atom. The molecule has 1 aromatic heterocycles. The third kappa shape index (κ3) is 5.62. The number of nitro benzene ring substituents is 1. The smallest absolute Gasteiger partial charge is 0.275 e. The molecule has 8 nitrogen and oxygen atoms in total. The van der Waals surface area contributed by atoms with Gasteiger partial charge in [0.25, 0.3) is 5.69 Å². The number of non-ortho nitro benzene ring substituents is 1. The van der Waals surface area contributed by atoms with Crippen LogP contribution in [0.3, 0.4) is 0 Å². The molecule has 0 saturated heterocycles. The van der Waals surface area contributed by atoms with Crippen molar-refractivity contribution in [3.63, 3.8) is 0 Å². The summed E-state index contributed by atoms with van der Waals surface area (Å²) in [4.78, 5) is 23.2. The number of halogens is 2. The van der Waals surface area contributed by atoms with E-state index in [0.717, 1.165) is 21.4 Å². The first-order valence-corrected chi connectivity index (χ1v) is 10.5. The zero-order chi connectivity index (χ0) is 22.7. The number of hydrogen-bond donors (Lipinski definition) is 1. The number of benzene rings is 2. The van der Waals surface area contributed by atoms with Crippen LogP contribution in [0.1, 0.15) is 23.4 Å². The standard InChI is InChI=1S/C21H20BrClN4O4/c1-12-8-17(4-5-19(12)23)31-18-10-15(9-16(11-18)27(29)30)24-20(28)6-7-26-14(3)21(22)13(2)25-26/h4-5,8-11H,6-7H2,1-3H3,(H,24,28). The molecule has 0 bridgehead atoms. The number of rotatable bonds is 7. The number of hydrogen-bond acceptors (Lipinski definition) is 5. The summed E-state index contributed by atoms with van der Waals surface area (Å²) in [6.45, 7) is 5.99. The lowest BCUT2D eigenvalue weighted by atomic mass is 10.2. The van der Waals surface area contributed by atoms with Gasteiger partial charge in [-0.3, -0.25) is 19.6 Å². The second-order valence-electron chi connectivity index (χ2n) is 6.99. The molecule has 2 aromatic carbocycles. The number of nitrogens with zero attached hydrogens (tertiary/aromatic N) is 3. The van der Waals surface area contributed by atoms with Crippen LogP contribution < -0.4 is 10.1 Å². The van der Waals surface area contributed by atoms with E-state index in [1.807, 2.05) is 20.8 Å². The monoisotopic (exact) mass is 506 g/mol. The molecule has 1 N–H and O–H groups in total. The molecule has 0 aliphatic heterocycles. The molecule has 1 amide bonds. The third-order valence-electron chi connectivity index (χ3n) is 4.59. The van der Waals surface area contributed by atoms with Gasteiger partial charge >= 0.3 is 0 Å². The first kappa shape index (κ1) is 22.8. The molecule has 10 heteroatoms. The van der Waals surface area contributed by atoms with Crippen molar-refractivity contribution in [1.29, 1.82) is 0 Å². The Hall–Kier alpha value is -2.91. The molecule has 162 valence electrons. The van der Waals surface area contributed by atoms with E-state index in [9.17, 15) is 14.9 Å². The van der Waals surface area contributed by atoms with Crippen molar-refractivity contribution in [2.45, 2.75) is 33.7 Å². The number of carbonyl (C=O) groups excluding carboxylic acids is 1. The van der Waals surface area contributed by atoms with Crippen molar-refractivity contribution >= 4 is 44.8 Å². The maximum atomic E-state index is 12.4. The lowest BCUT2D eigenvalue weighted by Gasteiger charge is -2.11. The number of nitro groups is 1. The molecular weight excluding hydrogens is 488 g/mol. The number of aryl methyl sites for hydroxylation is 3. The molecule has 3 rings (SSSR count). The molecule has 0 spiro atoms. The zero-order valence-electron chi connectivity index (χ0n) is 17.1. The van der Waals surface area contributed by atoms with Crippen LogP contribution in [0.4, 0.5) is 11.4 Å². The van der Waals surface area contributed by atoms with Gasteiger partial charge in [-0.15, -0.1) is 0 Å². The fraction of sp³-hybridized carbons (Fsp3) is 0.238. The van der Waals surface area contributed by atoms with Crippen LogP contribution in [-0.4, -0.2) is 20.6 Å².